The first-order valence-electron chi connectivity index (χ1n) is 34.5. The van der Waals surface area contributed by atoms with Crippen LogP contribution in [0.5, 0.6) is 5.75 Å². The third-order valence-corrected chi connectivity index (χ3v) is 17.5. The smallest absolute Gasteiger partial charge is 0.325 e. The number of esters is 1. The van der Waals surface area contributed by atoms with Crippen molar-refractivity contribution in [2.45, 2.75) is 158 Å². The Labute approximate surface area is 604 Å². The number of nitrogens with two attached hydrogens (primary N) is 5. The highest BCUT2D eigenvalue weighted by Gasteiger charge is 2.39. The molecule has 13 amide bonds. The number of phenols is 1. The van der Waals surface area contributed by atoms with E-state index in [0.717, 1.165) is 0 Å². The molecule has 2 aromatic heterocycles. The highest BCUT2D eigenvalue weighted by Crippen LogP contribution is 2.22. The van der Waals surface area contributed by atoms with Crippen molar-refractivity contribution in [1.82, 2.24) is 73.8 Å². The third kappa shape index (κ3) is 25.4. The summed E-state index contributed by atoms with van der Waals surface area (Å²) in [5, 5.41) is 51.3. The van der Waals surface area contributed by atoms with E-state index in [1.54, 1.807) is 74.8 Å². The van der Waals surface area contributed by atoms with E-state index in [1.807, 2.05) is 0 Å². The zero-order chi connectivity index (χ0) is 76.9. The molecular formula is C69H97N19O17. The van der Waals surface area contributed by atoms with Crippen molar-refractivity contribution in [2.24, 2.45) is 34.6 Å². The Bertz CT molecular complexity index is 3870. The van der Waals surface area contributed by atoms with Gasteiger partial charge >= 0.3 is 5.97 Å². The van der Waals surface area contributed by atoms with Crippen molar-refractivity contribution in [3.8, 4) is 5.75 Å². The van der Waals surface area contributed by atoms with Gasteiger partial charge in [0.25, 0.3) is 0 Å². The summed E-state index contributed by atoms with van der Waals surface area (Å²) in [4.78, 5) is 201. The van der Waals surface area contributed by atoms with Gasteiger partial charge in [0.2, 0.25) is 76.8 Å². The summed E-state index contributed by atoms with van der Waals surface area (Å²) in [5.74, 6) is -14.1. The van der Waals surface area contributed by atoms with Crippen LogP contribution in [0.15, 0.2) is 85.2 Å². The molecule has 1 saturated heterocycles. The summed E-state index contributed by atoms with van der Waals surface area (Å²) in [7, 11) is 0. The quantitative estimate of drug-likeness (QED) is 0.0166. The normalized spacial score (nSPS) is 18.3. The molecule has 26 N–H and O–H groups in total. The lowest BCUT2D eigenvalue weighted by Gasteiger charge is -2.31. The number of rotatable bonds is 36. The molecule has 0 aliphatic carbocycles. The minimum Gasteiger partial charge on any atom is -0.508 e. The highest BCUT2D eigenvalue weighted by molar-refractivity contribution is 6.01. The van der Waals surface area contributed by atoms with E-state index in [9.17, 15) is 77.3 Å². The molecule has 3 aromatic carbocycles. The summed E-state index contributed by atoms with van der Waals surface area (Å²) in [6.07, 6.45) is 0.737. The van der Waals surface area contributed by atoms with Crippen LogP contribution in [0.4, 0.5) is 0 Å². The van der Waals surface area contributed by atoms with Crippen molar-refractivity contribution >= 4 is 105 Å². The van der Waals surface area contributed by atoms with E-state index < -0.39 is 188 Å². The van der Waals surface area contributed by atoms with Crippen molar-refractivity contribution in [3.63, 3.8) is 0 Å². The van der Waals surface area contributed by atoms with Gasteiger partial charge in [0.1, 0.15) is 78.8 Å². The fraction of sp³-hybridized carbons (Fsp3) is 0.478. The molecule has 105 heavy (non-hydrogen) atoms. The van der Waals surface area contributed by atoms with Crippen LogP contribution in [-0.4, -0.2) is 215 Å². The number of phenolic OH excluding ortho intramolecular Hbond substituents is 1. The lowest BCUT2D eigenvalue weighted by molar-refractivity contribution is -0.153. The first-order chi connectivity index (χ1) is 50.2. The number of benzene rings is 3. The maximum absolute atomic E-state index is 15.0. The van der Waals surface area contributed by atoms with E-state index in [4.69, 9.17) is 33.4 Å². The number of aromatic amines is 2. The van der Waals surface area contributed by atoms with Gasteiger partial charge in [-0.15, -0.1) is 0 Å². The van der Waals surface area contributed by atoms with Crippen molar-refractivity contribution in [1.29, 1.82) is 0 Å². The Morgan fingerprint density at radius 1 is 0.581 bits per heavy atom. The minimum atomic E-state index is -1.86. The summed E-state index contributed by atoms with van der Waals surface area (Å²) in [6.45, 7) is 1.58. The zero-order valence-corrected chi connectivity index (χ0v) is 58.6. The van der Waals surface area contributed by atoms with Crippen LogP contribution >= 0.6 is 0 Å². The van der Waals surface area contributed by atoms with Crippen LogP contribution in [0.25, 0.3) is 21.8 Å². The topological polar surface area (TPSA) is 595 Å². The average molecular weight is 1460 g/mol. The first kappa shape index (κ1) is 82.9. The standard InChI is InChI=1S/C69H97N19O17/c1-4-36(2)58-68(103)86-53(29-54(74)91)62(97)78-32-55(92)77-34-57(94)105-37(3)59(69(104)87-58)88-67(102)52(28-40-31-76-46-15-8-6-13-43(40)46)84-63(98)48(17-10-24-71)80-56(93)33-79-61(96)47(16-9-23-70)81-64(99)49(18-11-25-72)82-66(101)51(27-39-30-75-45-14-7-5-12-42(39)45)85-65(100)50(83-60(95)44(73)35-89)26-38-19-21-41(90)22-20-38/h5-8,12-15,19-22,30-31,36-37,44,47-53,58-59,75-76,89-90H,4,9-11,16-18,23-29,32-35,70-73H2,1-3H3,(H2,74,91)(H,77,92)(H,78,97)(H,79,96)(H,80,93)(H,81,99)(H,82,101)(H,83,95)(H,84,98)(H,85,100)(H,86,103)(H,87,104)(H,88,102)/t36-,37+,44+,47-,48+,49+,50+,51+,52-,53-,58-,59-/m0/s1. The van der Waals surface area contributed by atoms with Gasteiger partial charge in [0.15, 0.2) is 0 Å². The number of H-pyrrole nitrogens is 2. The number of nitrogens with one attached hydrogen (secondary N) is 14. The summed E-state index contributed by atoms with van der Waals surface area (Å²) in [5.41, 5.74) is 31.8. The number of aliphatic hydroxyl groups excluding tert-OH is 1. The Hall–Kier alpha value is -11.1. The number of para-hydroxylation sites is 2. The second-order valence-corrected chi connectivity index (χ2v) is 25.5. The maximum Gasteiger partial charge on any atom is 0.325 e. The predicted molar refractivity (Wildman–Crippen MR) is 381 cm³/mol. The number of aromatic hydroxyl groups is 1. The monoisotopic (exact) mass is 1460 g/mol. The molecule has 0 spiro atoms. The van der Waals surface area contributed by atoms with Crippen LogP contribution in [-0.2, 0) is 91.1 Å². The number of aromatic nitrogens is 2. The van der Waals surface area contributed by atoms with Gasteiger partial charge in [-0.05, 0) is 112 Å². The number of hydrogen-bond acceptors (Lipinski definition) is 21. The fourth-order valence-electron chi connectivity index (χ4n) is 11.4. The molecule has 0 saturated carbocycles. The van der Waals surface area contributed by atoms with Gasteiger partial charge in [-0.25, -0.2) is 0 Å². The SMILES string of the molecule is CC[C@H](C)[C@@H]1NC(=O)[C@@H](NC(=O)[C@H](Cc2c[nH]c3ccccc23)NC(=O)[C@@H](CCCN)NC(=O)CNC(=O)[C@H](CCCN)NC(=O)[C@@H](CCCN)NC(=O)[C@@H](Cc2c[nH]c3ccccc23)NC(=O)[C@@H](Cc2ccc(O)cc2)NC(=O)[C@H](N)CO)[C@@H](C)OC(=O)CNC(=O)CNC(=O)[C@H](CC(N)=O)NC1=O. The lowest BCUT2D eigenvalue weighted by Crippen LogP contribution is -2.63. The van der Waals surface area contributed by atoms with Gasteiger partial charge in [-0.1, -0.05) is 68.8 Å². The summed E-state index contributed by atoms with van der Waals surface area (Å²) in [6, 6.07) is 4.79. The Kier molecular flexibility index (Phi) is 32.6. The molecule has 1 aliphatic heterocycles. The molecule has 6 rings (SSSR count). The van der Waals surface area contributed by atoms with Gasteiger partial charge in [-0.2, -0.15) is 0 Å². The number of carbonyl (C=O) groups is 14. The summed E-state index contributed by atoms with van der Waals surface area (Å²) >= 11 is 0. The molecule has 36 nitrogen and oxygen atoms in total. The molecule has 36 heteroatoms. The van der Waals surface area contributed by atoms with Gasteiger partial charge < -0.3 is 117 Å². The van der Waals surface area contributed by atoms with Crippen molar-refractivity contribution in [3.05, 3.63) is 102 Å². The van der Waals surface area contributed by atoms with Crippen LogP contribution in [0.2, 0.25) is 0 Å². The van der Waals surface area contributed by atoms with Crippen molar-refractivity contribution < 1.29 is 82.1 Å². The van der Waals surface area contributed by atoms with Gasteiger partial charge in [0.05, 0.1) is 26.1 Å². The number of fused-ring (bicyclic) bond motifs is 2. The van der Waals surface area contributed by atoms with Crippen LogP contribution in [0, 0.1) is 5.92 Å². The molecule has 570 valence electrons. The van der Waals surface area contributed by atoms with Crippen LogP contribution in [0.3, 0.4) is 0 Å². The fourth-order valence-corrected chi connectivity index (χ4v) is 11.4. The highest BCUT2D eigenvalue weighted by atomic mass is 16.5. The lowest BCUT2D eigenvalue weighted by atomic mass is 9.96. The van der Waals surface area contributed by atoms with E-state index in [-0.39, 0.29) is 89.6 Å². The van der Waals surface area contributed by atoms with Gasteiger partial charge in [-0.3, -0.25) is 67.1 Å². The molecule has 5 aromatic rings. The largest absolute Gasteiger partial charge is 0.508 e. The molecule has 3 heterocycles. The first-order valence-corrected chi connectivity index (χ1v) is 34.5. The predicted octanol–water partition coefficient (Wildman–Crippen LogP) is -5.50. The number of cyclic esters (lactones) is 1. The molecule has 0 bridgehead atoms. The van der Waals surface area contributed by atoms with E-state index in [2.05, 4.69) is 73.8 Å². The zero-order valence-electron chi connectivity index (χ0n) is 58.6. The van der Waals surface area contributed by atoms with Gasteiger partial charge in [0, 0.05) is 53.5 Å². The van der Waals surface area contributed by atoms with E-state index in [1.165, 1.54) is 31.2 Å². The Morgan fingerprint density at radius 3 is 1.59 bits per heavy atom. The number of aliphatic hydroxyl groups is 1. The Balaban J connectivity index is 1.22. The second-order valence-electron chi connectivity index (χ2n) is 25.5. The molecule has 0 radical (unpaired) electrons. The summed E-state index contributed by atoms with van der Waals surface area (Å²) < 4.78 is 5.55. The molecular weight excluding hydrogens is 1370 g/mol. The van der Waals surface area contributed by atoms with Crippen molar-refractivity contribution in [2.75, 3.05) is 45.9 Å². The maximum atomic E-state index is 15.0. The van der Waals surface area contributed by atoms with Crippen LogP contribution < -0.4 is 92.5 Å². The minimum absolute atomic E-state index is 0.0138. The second kappa shape index (κ2) is 41.3. The number of ether oxygens (including phenoxy) is 1. The molecule has 1 aliphatic rings. The molecule has 0 unspecified atom stereocenters. The Morgan fingerprint density at radius 2 is 1.07 bits per heavy atom. The number of amides is 13. The number of primary amides is 1. The average Bonchev–Trinajstić information content (AvgIpc) is 1.77. The molecule has 12 atom stereocenters. The molecule has 1 fully saturated rings. The van der Waals surface area contributed by atoms with E-state index >= 15 is 0 Å². The third-order valence-electron chi connectivity index (χ3n) is 17.5. The number of carbonyl (C=O) groups excluding carboxylic acids is 14. The van der Waals surface area contributed by atoms with E-state index in [0.29, 0.717) is 38.5 Å². The van der Waals surface area contributed by atoms with Crippen LogP contribution in [0.1, 0.15) is 88.8 Å². The number of hydrogen-bond donors (Lipinski definition) is 21.